The minimum absolute atomic E-state index is 0.0878. The molecule has 9 heteroatoms. The van der Waals surface area contributed by atoms with E-state index < -0.39 is 21.9 Å². The molecule has 138 valence electrons. The number of ether oxygens (including phenoxy) is 1. The van der Waals surface area contributed by atoms with Crippen LogP contribution in [0.1, 0.15) is 11.1 Å². The van der Waals surface area contributed by atoms with Gasteiger partial charge in [-0.25, -0.2) is 4.39 Å². The number of hydrogen-bond acceptors (Lipinski definition) is 6. The minimum atomic E-state index is -0.597. The van der Waals surface area contributed by atoms with E-state index >= 15 is 0 Å². The number of amides is 2. The third kappa shape index (κ3) is 3.82. The predicted octanol–water partition coefficient (Wildman–Crippen LogP) is 3.98. The van der Waals surface area contributed by atoms with Crippen LogP contribution in [0.2, 0.25) is 0 Å². The van der Waals surface area contributed by atoms with E-state index in [1.807, 2.05) is 0 Å². The van der Waals surface area contributed by atoms with E-state index in [4.69, 9.17) is 4.74 Å². The van der Waals surface area contributed by atoms with E-state index in [0.717, 1.165) is 4.90 Å². The Balaban J connectivity index is 1.87. The van der Waals surface area contributed by atoms with Gasteiger partial charge in [-0.1, -0.05) is 24.3 Å². The highest BCUT2D eigenvalue weighted by molar-refractivity contribution is 8.18. The fourth-order valence-corrected chi connectivity index (χ4v) is 3.36. The highest BCUT2D eigenvalue weighted by atomic mass is 32.2. The van der Waals surface area contributed by atoms with Crippen molar-refractivity contribution in [2.75, 3.05) is 7.11 Å². The molecular weight excluding hydrogens is 375 g/mol. The molecule has 3 rings (SSSR count). The Morgan fingerprint density at radius 1 is 1.26 bits per heavy atom. The topological polar surface area (TPSA) is 89.8 Å². The summed E-state index contributed by atoms with van der Waals surface area (Å²) in [6, 6.07) is 10.1. The van der Waals surface area contributed by atoms with Crippen molar-refractivity contribution < 1.29 is 23.6 Å². The Labute approximate surface area is 157 Å². The van der Waals surface area contributed by atoms with Gasteiger partial charge in [0, 0.05) is 11.6 Å². The molecule has 0 spiro atoms. The van der Waals surface area contributed by atoms with Crippen molar-refractivity contribution in [1.29, 1.82) is 0 Å². The molecule has 1 saturated heterocycles. The van der Waals surface area contributed by atoms with Crippen LogP contribution in [0.15, 0.2) is 47.4 Å². The van der Waals surface area contributed by atoms with Gasteiger partial charge in [0.15, 0.2) is 5.75 Å². The maximum Gasteiger partial charge on any atom is 0.311 e. The van der Waals surface area contributed by atoms with Crippen molar-refractivity contribution in [2.24, 2.45) is 0 Å². The van der Waals surface area contributed by atoms with Crippen molar-refractivity contribution in [1.82, 2.24) is 4.90 Å². The summed E-state index contributed by atoms with van der Waals surface area (Å²) in [5.41, 5.74) is 0.344. The molecule has 1 heterocycles. The molecule has 1 aliphatic heterocycles. The van der Waals surface area contributed by atoms with E-state index in [0.29, 0.717) is 17.3 Å². The molecule has 2 aromatic carbocycles. The molecule has 0 N–H and O–H groups in total. The quantitative estimate of drug-likeness (QED) is 0.437. The largest absolute Gasteiger partial charge is 0.490 e. The van der Waals surface area contributed by atoms with Crippen molar-refractivity contribution in [3.8, 4) is 5.75 Å². The Morgan fingerprint density at radius 3 is 2.67 bits per heavy atom. The van der Waals surface area contributed by atoms with Crippen LogP contribution >= 0.6 is 11.8 Å². The molecule has 0 atom stereocenters. The summed E-state index contributed by atoms with van der Waals surface area (Å²) in [4.78, 5) is 36.2. The van der Waals surface area contributed by atoms with Crippen LogP contribution in [0.5, 0.6) is 5.75 Å². The number of nitro benzene ring substituents is 1. The van der Waals surface area contributed by atoms with Crippen molar-refractivity contribution in [3.05, 3.63) is 74.4 Å². The Morgan fingerprint density at radius 2 is 2.00 bits per heavy atom. The SMILES string of the molecule is COc1ccc(/C=C2/SC(=O)N(Cc3ccccc3F)C2=O)cc1[N+](=O)[O-]. The number of carbonyl (C=O) groups is 2. The van der Waals surface area contributed by atoms with Crippen molar-refractivity contribution in [2.45, 2.75) is 6.54 Å². The number of nitrogens with zero attached hydrogens (tertiary/aromatic N) is 2. The molecule has 2 amide bonds. The average Bonchev–Trinajstić information content (AvgIpc) is 2.90. The molecule has 0 bridgehead atoms. The zero-order valence-electron chi connectivity index (χ0n) is 14.0. The van der Waals surface area contributed by atoms with Gasteiger partial charge in [-0.05, 0) is 35.5 Å². The Bertz CT molecular complexity index is 976. The van der Waals surface area contributed by atoms with E-state index in [1.165, 1.54) is 49.6 Å². The number of benzene rings is 2. The first-order chi connectivity index (χ1) is 12.9. The van der Waals surface area contributed by atoms with Crippen LogP contribution in [-0.4, -0.2) is 28.1 Å². The van der Waals surface area contributed by atoms with Gasteiger partial charge in [0.2, 0.25) is 0 Å². The molecule has 0 unspecified atom stereocenters. The maximum absolute atomic E-state index is 13.8. The zero-order chi connectivity index (χ0) is 19.6. The van der Waals surface area contributed by atoms with Crippen molar-refractivity contribution in [3.63, 3.8) is 0 Å². The van der Waals surface area contributed by atoms with Crippen LogP contribution < -0.4 is 4.74 Å². The van der Waals surface area contributed by atoms with Gasteiger partial charge in [0.1, 0.15) is 5.82 Å². The molecule has 0 saturated carbocycles. The Kier molecular flexibility index (Phi) is 5.22. The molecule has 7 nitrogen and oxygen atoms in total. The van der Waals surface area contributed by atoms with Crippen LogP contribution in [0, 0.1) is 15.9 Å². The van der Waals surface area contributed by atoms with Crippen LogP contribution in [-0.2, 0) is 11.3 Å². The lowest BCUT2D eigenvalue weighted by Gasteiger charge is -2.12. The van der Waals surface area contributed by atoms with Gasteiger partial charge in [-0.3, -0.25) is 24.6 Å². The summed E-state index contributed by atoms with van der Waals surface area (Å²) in [6.07, 6.45) is 1.39. The second-order valence-corrected chi connectivity index (χ2v) is 6.54. The van der Waals surface area contributed by atoms with Gasteiger partial charge in [0.05, 0.1) is 23.5 Å². The summed E-state index contributed by atoms with van der Waals surface area (Å²) in [5, 5.41) is 10.6. The molecule has 27 heavy (non-hydrogen) atoms. The summed E-state index contributed by atoms with van der Waals surface area (Å²) in [5.74, 6) is -0.997. The van der Waals surface area contributed by atoms with Gasteiger partial charge in [0.25, 0.3) is 11.1 Å². The van der Waals surface area contributed by atoms with E-state index in [2.05, 4.69) is 0 Å². The van der Waals surface area contributed by atoms with E-state index in [-0.39, 0.29) is 28.5 Å². The van der Waals surface area contributed by atoms with Crippen LogP contribution in [0.25, 0.3) is 6.08 Å². The number of hydrogen-bond donors (Lipinski definition) is 0. The fourth-order valence-electron chi connectivity index (χ4n) is 2.52. The number of nitro groups is 1. The number of imide groups is 1. The van der Waals surface area contributed by atoms with E-state index in [9.17, 15) is 24.1 Å². The smallest absolute Gasteiger partial charge is 0.311 e. The normalized spacial score (nSPS) is 15.5. The molecule has 0 aromatic heterocycles. The van der Waals surface area contributed by atoms with Gasteiger partial charge >= 0.3 is 5.69 Å². The highest BCUT2D eigenvalue weighted by Crippen LogP contribution is 2.35. The number of methoxy groups -OCH3 is 1. The molecule has 1 fully saturated rings. The standard InChI is InChI=1S/C18H13FN2O5S/c1-26-15-7-6-11(8-14(15)21(24)25)9-16-17(22)20(18(23)27-16)10-12-4-2-3-5-13(12)19/h2-9H,10H2,1H3/b16-9+. The molecule has 0 radical (unpaired) electrons. The fraction of sp³-hybridized carbons (Fsp3) is 0.111. The van der Waals surface area contributed by atoms with Crippen LogP contribution in [0.4, 0.5) is 14.9 Å². The van der Waals surface area contributed by atoms with E-state index in [1.54, 1.807) is 6.07 Å². The Hall–Kier alpha value is -3.20. The second-order valence-electron chi connectivity index (χ2n) is 5.55. The number of halogens is 1. The number of rotatable bonds is 5. The lowest BCUT2D eigenvalue weighted by molar-refractivity contribution is -0.385. The summed E-state index contributed by atoms with van der Waals surface area (Å²) in [6.45, 7) is -0.183. The minimum Gasteiger partial charge on any atom is -0.490 e. The first-order valence-corrected chi connectivity index (χ1v) is 8.53. The highest BCUT2D eigenvalue weighted by Gasteiger charge is 2.35. The third-order valence-corrected chi connectivity index (χ3v) is 4.76. The predicted molar refractivity (Wildman–Crippen MR) is 97.6 cm³/mol. The van der Waals surface area contributed by atoms with Crippen molar-refractivity contribution >= 4 is 34.7 Å². The van der Waals surface area contributed by atoms with Gasteiger partial charge in [-0.2, -0.15) is 0 Å². The monoisotopic (exact) mass is 388 g/mol. The number of carbonyl (C=O) groups excluding carboxylic acids is 2. The lowest BCUT2D eigenvalue weighted by atomic mass is 10.1. The van der Waals surface area contributed by atoms with Crippen LogP contribution in [0.3, 0.4) is 0 Å². The average molecular weight is 388 g/mol. The zero-order valence-corrected chi connectivity index (χ0v) is 14.9. The first kappa shape index (κ1) is 18.6. The summed E-state index contributed by atoms with van der Waals surface area (Å²) < 4.78 is 18.7. The number of thioether (sulfide) groups is 1. The van der Waals surface area contributed by atoms with Gasteiger partial charge in [-0.15, -0.1) is 0 Å². The maximum atomic E-state index is 13.8. The lowest BCUT2D eigenvalue weighted by Crippen LogP contribution is -2.27. The summed E-state index contributed by atoms with van der Waals surface area (Å²) >= 11 is 0.701. The second kappa shape index (κ2) is 7.58. The molecule has 2 aromatic rings. The molecule has 1 aliphatic rings. The van der Waals surface area contributed by atoms with Gasteiger partial charge < -0.3 is 4.74 Å². The molecular formula is C18H13FN2O5S. The molecule has 0 aliphatic carbocycles. The summed E-state index contributed by atoms with van der Waals surface area (Å²) in [7, 11) is 1.32. The first-order valence-electron chi connectivity index (χ1n) is 7.72. The third-order valence-electron chi connectivity index (χ3n) is 3.86.